The van der Waals surface area contributed by atoms with Crippen molar-refractivity contribution in [1.82, 2.24) is 10.3 Å². The van der Waals surface area contributed by atoms with Gasteiger partial charge in [-0.2, -0.15) is 0 Å². The molecule has 0 radical (unpaired) electrons. The number of halogens is 2. The Hall–Kier alpha value is -2.51. The third-order valence-electron chi connectivity index (χ3n) is 6.92. The highest BCUT2D eigenvalue weighted by Gasteiger charge is 2.81. The van der Waals surface area contributed by atoms with Crippen LogP contribution in [0, 0.1) is 17.8 Å². The van der Waals surface area contributed by atoms with Crippen LogP contribution in [0.25, 0.3) is 0 Å². The number of amides is 1. The van der Waals surface area contributed by atoms with Crippen molar-refractivity contribution in [2.45, 2.75) is 103 Å². The van der Waals surface area contributed by atoms with E-state index in [2.05, 4.69) is 16.9 Å². The molecule has 1 aromatic rings. The number of hydrazine groups is 1. The number of ether oxygens (including phenoxy) is 4. The van der Waals surface area contributed by atoms with Crippen LogP contribution in [0.2, 0.25) is 10.0 Å². The lowest BCUT2D eigenvalue weighted by molar-refractivity contribution is -0.173. The molecule has 0 spiro atoms. The van der Waals surface area contributed by atoms with Gasteiger partial charge in [-0.3, -0.25) is 4.79 Å². The van der Waals surface area contributed by atoms with Crippen LogP contribution in [0.4, 0.5) is 4.79 Å². The van der Waals surface area contributed by atoms with Gasteiger partial charge in [-0.15, -0.1) is 11.8 Å². The molecule has 2 aliphatic rings. The first kappa shape index (κ1) is 37.9. The molecular weight excluding hydrogens is 655 g/mol. The van der Waals surface area contributed by atoms with Gasteiger partial charge in [-0.25, -0.2) is 20.4 Å². The largest absolute Gasteiger partial charge is 0.460 e. The van der Waals surface area contributed by atoms with E-state index in [1.165, 1.54) is 23.1 Å². The Kier molecular flexibility index (Phi) is 11.5. The summed E-state index contributed by atoms with van der Waals surface area (Å²) in [5.41, 5.74) is -3.85. The van der Waals surface area contributed by atoms with Crippen LogP contribution in [0.3, 0.4) is 0 Å². The maximum absolute atomic E-state index is 14.5. The number of nitrogens with two attached hydrogens (primary N) is 1. The van der Waals surface area contributed by atoms with E-state index in [9.17, 15) is 14.4 Å². The van der Waals surface area contributed by atoms with E-state index < -0.39 is 69.5 Å². The van der Waals surface area contributed by atoms with Crippen molar-refractivity contribution < 1.29 is 33.3 Å². The average Bonchev–Trinajstić information content (AvgIpc) is 3.55. The number of benzene rings is 1. The highest BCUT2D eigenvalue weighted by molar-refractivity contribution is 8.03. The molecular formula is C32H46Cl2N4O7S. The first-order valence-corrected chi connectivity index (χ1v) is 16.5. The summed E-state index contributed by atoms with van der Waals surface area (Å²) in [7, 11) is 1.61. The summed E-state index contributed by atoms with van der Waals surface area (Å²) in [5.74, 6) is 2.39. The quantitative estimate of drug-likeness (QED) is 0.0733. The molecule has 0 unspecified atom stereocenters. The number of hydrogen-bond acceptors (Lipinski definition) is 10. The number of aliphatic imine (C=N–C) groups is 1. The van der Waals surface area contributed by atoms with Gasteiger partial charge in [0.2, 0.25) is 0 Å². The van der Waals surface area contributed by atoms with Gasteiger partial charge < -0.3 is 29.3 Å². The van der Waals surface area contributed by atoms with Crippen molar-refractivity contribution in [2.75, 3.05) is 7.05 Å². The van der Waals surface area contributed by atoms with Gasteiger partial charge in [0, 0.05) is 18.2 Å². The van der Waals surface area contributed by atoms with E-state index in [-0.39, 0.29) is 6.61 Å². The minimum absolute atomic E-state index is 0.0169. The standard InChI is InChI=1S/C32H46Cl2N4O7S/c1-17(36-16-38(11)35)46-24-21-22(26(39)43-29(2,3)4)23(21)32(27(40)44-30(5,6)7,37-28(41)45-31(8,9)10)25(24)42-15-18-12-13-19(33)20(34)14-18/h12-14,16,21-25H,1,15,35H2,2-11H3,(H,37,41)/t21-,22-,23-,24-,25+,32+/m0/s1. The molecule has 0 bridgehead atoms. The number of esters is 2. The third kappa shape index (κ3) is 9.53. The average molecular weight is 702 g/mol. The number of alkyl carbamates (subject to hydrolysis) is 1. The van der Waals surface area contributed by atoms with Crippen molar-refractivity contribution in [3.8, 4) is 0 Å². The predicted molar refractivity (Wildman–Crippen MR) is 180 cm³/mol. The molecule has 0 aliphatic heterocycles. The van der Waals surface area contributed by atoms with Crippen molar-refractivity contribution in [2.24, 2.45) is 28.6 Å². The van der Waals surface area contributed by atoms with Gasteiger partial charge in [0.05, 0.1) is 27.6 Å². The van der Waals surface area contributed by atoms with Crippen molar-refractivity contribution in [3.05, 3.63) is 45.4 Å². The summed E-state index contributed by atoms with van der Waals surface area (Å²) < 4.78 is 24.0. The number of hydrogen-bond donors (Lipinski definition) is 2. The highest BCUT2D eigenvalue weighted by atomic mass is 35.5. The van der Waals surface area contributed by atoms with Crippen LogP contribution >= 0.6 is 35.0 Å². The van der Waals surface area contributed by atoms with Crippen LogP contribution in [0.15, 0.2) is 34.8 Å². The summed E-state index contributed by atoms with van der Waals surface area (Å²) in [5, 5.41) is 4.52. The summed E-state index contributed by atoms with van der Waals surface area (Å²) in [6, 6.07) is 5.04. The molecule has 14 heteroatoms. The molecule has 2 fully saturated rings. The molecule has 2 aliphatic carbocycles. The Morgan fingerprint density at radius 2 is 1.61 bits per heavy atom. The van der Waals surface area contributed by atoms with E-state index in [0.717, 1.165) is 0 Å². The fraction of sp³-hybridized carbons (Fsp3) is 0.625. The highest BCUT2D eigenvalue weighted by Crippen LogP contribution is 2.67. The monoisotopic (exact) mass is 700 g/mol. The molecule has 6 atom stereocenters. The van der Waals surface area contributed by atoms with Crippen LogP contribution in [-0.2, 0) is 35.1 Å². The van der Waals surface area contributed by atoms with Crippen molar-refractivity contribution in [3.63, 3.8) is 0 Å². The normalized spacial score (nSPS) is 25.9. The second-order valence-electron chi connectivity index (χ2n) is 14.5. The molecule has 0 saturated heterocycles. The number of nitrogens with zero attached hydrogens (tertiary/aromatic N) is 2. The minimum Gasteiger partial charge on any atom is -0.460 e. The zero-order valence-corrected chi connectivity index (χ0v) is 30.4. The number of carbonyl (C=O) groups excluding carboxylic acids is 3. The third-order valence-corrected chi connectivity index (χ3v) is 8.87. The van der Waals surface area contributed by atoms with Crippen LogP contribution in [0.5, 0.6) is 0 Å². The summed E-state index contributed by atoms with van der Waals surface area (Å²) in [6.07, 6.45) is -0.543. The maximum atomic E-state index is 14.5. The zero-order chi connectivity index (χ0) is 35.0. The Labute approximate surface area is 285 Å². The number of fused-ring (bicyclic) bond motifs is 1. The number of rotatable bonds is 10. The topological polar surface area (TPSA) is 142 Å². The summed E-state index contributed by atoms with van der Waals surface area (Å²) >= 11 is 13.6. The predicted octanol–water partition coefficient (Wildman–Crippen LogP) is 6.11. The molecule has 11 nitrogen and oxygen atoms in total. The fourth-order valence-electron chi connectivity index (χ4n) is 5.47. The summed E-state index contributed by atoms with van der Waals surface area (Å²) in [4.78, 5) is 46.0. The lowest BCUT2D eigenvalue weighted by Crippen LogP contribution is -2.66. The molecule has 46 heavy (non-hydrogen) atoms. The number of thioether (sulfide) groups is 1. The van der Waals surface area contributed by atoms with Gasteiger partial charge in [0.15, 0.2) is 5.54 Å². The Morgan fingerprint density at radius 3 is 2.13 bits per heavy atom. The molecule has 1 amide bonds. The Bertz CT molecular complexity index is 1370. The van der Waals surface area contributed by atoms with Crippen LogP contribution in [0.1, 0.15) is 67.9 Å². The smallest absolute Gasteiger partial charge is 0.408 e. The summed E-state index contributed by atoms with van der Waals surface area (Å²) in [6.45, 7) is 19.6. The van der Waals surface area contributed by atoms with Crippen molar-refractivity contribution in [1.29, 1.82) is 0 Å². The van der Waals surface area contributed by atoms with Gasteiger partial charge in [0.1, 0.15) is 29.2 Å². The maximum Gasteiger partial charge on any atom is 0.408 e. The first-order chi connectivity index (χ1) is 20.9. The molecule has 3 N–H and O–H groups in total. The zero-order valence-electron chi connectivity index (χ0n) is 28.1. The molecule has 2 saturated carbocycles. The Balaban J connectivity index is 2.20. The SMILES string of the molecule is C=C(N=CN(C)N)S[C@H]1[C@H]2[C@H](C(=O)OC(C)(C)C)[C@H]2[C@](NC(=O)OC(C)(C)C)(C(=O)OC(C)(C)C)[C@@H]1OCc1ccc(Cl)c(Cl)c1. The van der Waals surface area contributed by atoms with Gasteiger partial charge >= 0.3 is 18.0 Å². The van der Waals surface area contributed by atoms with Crippen molar-refractivity contribution >= 4 is 59.3 Å². The van der Waals surface area contributed by atoms with Crippen LogP contribution < -0.4 is 11.2 Å². The number of nitrogens with one attached hydrogen (secondary N) is 1. The molecule has 0 heterocycles. The molecule has 3 rings (SSSR count). The number of carbonyl (C=O) groups is 3. The Morgan fingerprint density at radius 1 is 1.02 bits per heavy atom. The van der Waals surface area contributed by atoms with Gasteiger partial charge in [-0.05, 0) is 85.9 Å². The molecule has 0 aromatic heterocycles. The molecule has 256 valence electrons. The molecule has 1 aromatic carbocycles. The van der Waals surface area contributed by atoms with E-state index in [4.69, 9.17) is 48.0 Å². The van der Waals surface area contributed by atoms with E-state index in [1.54, 1.807) is 87.6 Å². The lowest BCUT2D eigenvalue weighted by Gasteiger charge is -2.41. The van der Waals surface area contributed by atoms with E-state index in [1.807, 2.05) is 0 Å². The van der Waals surface area contributed by atoms with Crippen LogP contribution in [-0.4, -0.2) is 70.1 Å². The minimum atomic E-state index is -1.87. The van der Waals surface area contributed by atoms with E-state index >= 15 is 0 Å². The second-order valence-corrected chi connectivity index (χ2v) is 16.6. The fourth-order valence-corrected chi connectivity index (χ4v) is 7.13. The van der Waals surface area contributed by atoms with Gasteiger partial charge in [0.25, 0.3) is 0 Å². The second kappa shape index (κ2) is 13.9. The van der Waals surface area contributed by atoms with Gasteiger partial charge in [-0.1, -0.05) is 35.8 Å². The first-order valence-electron chi connectivity index (χ1n) is 14.9. The lowest BCUT2D eigenvalue weighted by atomic mass is 9.86. The van der Waals surface area contributed by atoms with E-state index in [0.29, 0.717) is 20.6 Å².